The second-order valence-corrected chi connectivity index (χ2v) is 14.1. The van der Waals surface area contributed by atoms with E-state index in [1.54, 1.807) is 0 Å². The van der Waals surface area contributed by atoms with Crippen LogP contribution in [0.2, 0.25) is 0 Å². The van der Waals surface area contributed by atoms with Crippen LogP contribution >= 0.6 is 0 Å². The summed E-state index contributed by atoms with van der Waals surface area (Å²) in [4.78, 5) is 2.41. The maximum Gasteiger partial charge on any atom is 0.0625 e. The topological polar surface area (TPSA) is 8.17 Å². The molecule has 0 unspecified atom stereocenters. The molecule has 0 spiro atoms. The second-order valence-electron chi connectivity index (χ2n) is 14.1. The van der Waals surface area contributed by atoms with E-state index in [9.17, 15) is 0 Å². The van der Waals surface area contributed by atoms with Gasteiger partial charge in [-0.1, -0.05) is 182 Å². The number of para-hydroxylation sites is 3. The lowest BCUT2D eigenvalue weighted by atomic mass is 9.94. The summed E-state index contributed by atoms with van der Waals surface area (Å²) in [6.07, 6.45) is 0. The first-order chi connectivity index (χ1) is 27.8. The first kappa shape index (κ1) is 33.2. The third-order valence-corrected chi connectivity index (χ3v) is 10.8. The number of aromatic nitrogens is 1. The average Bonchev–Trinajstić information content (AvgIpc) is 3.63. The van der Waals surface area contributed by atoms with E-state index in [1.165, 1.54) is 60.8 Å². The molecule has 0 amide bonds. The van der Waals surface area contributed by atoms with Gasteiger partial charge in [-0.15, -0.1) is 0 Å². The number of hydrogen-bond acceptors (Lipinski definition) is 1. The molecule has 0 radical (unpaired) electrons. The average molecular weight is 715 g/mol. The Labute approximate surface area is 327 Å². The molecule has 0 N–H and O–H groups in total. The van der Waals surface area contributed by atoms with Gasteiger partial charge in [0.1, 0.15) is 0 Å². The van der Waals surface area contributed by atoms with Gasteiger partial charge in [0.05, 0.1) is 16.7 Å². The predicted octanol–water partition coefficient (Wildman–Crippen LogP) is 14.9. The van der Waals surface area contributed by atoms with Gasteiger partial charge in [-0.2, -0.15) is 0 Å². The van der Waals surface area contributed by atoms with Crippen LogP contribution in [0.25, 0.3) is 72.0 Å². The van der Waals surface area contributed by atoms with Crippen LogP contribution in [0.5, 0.6) is 0 Å². The minimum Gasteiger partial charge on any atom is -0.310 e. The van der Waals surface area contributed by atoms with E-state index in [1.807, 2.05) is 0 Å². The molecule has 0 aliphatic heterocycles. The quantitative estimate of drug-likeness (QED) is 0.152. The fraction of sp³-hybridized carbons (Fsp3) is 0. The van der Waals surface area contributed by atoms with Crippen molar-refractivity contribution in [1.29, 1.82) is 0 Å². The SMILES string of the molecule is c1ccc(-c2ccc(N(c3cccc(-c4ccc(-c5ccccc5)c5c4c4ccccc4n5-c4ccccc4)c3)c3ccccc3-c3ccccc3)cc2)cc1. The Bertz CT molecular complexity index is 2930. The van der Waals surface area contributed by atoms with Crippen LogP contribution in [-0.4, -0.2) is 4.57 Å². The molecule has 56 heavy (non-hydrogen) atoms. The molecule has 264 valence electrons. The maximum absolute atomic E-state index is 2.44. The first-order valence-corrected chi connectivity index (χ1v) is 19.2. The highest BCUT2D eigenvalue weighted by molar-refractivity contribution is 6.19. The monoisotopic (exact) mass is 714 g/mol. The molecule has 0 saturated heterocycles. The zero-order valence-electron chi connectivity index (χ0n) is 30.8. The molecule has 10 rings (SSSR count). The third-order valence-electron chi connectivity index (χ3n) is 10.8. The molecule has 0 bridgehead atoms. The van der Waals surface area contributed by atoms with Gasteiger partial charge in [0.2, 0.25) is 0 Å². The normalized spacial score (nSPS) is 11.2. The van der Waals surface area contributed by atoms with E-state index >= 15 is 0 Å². The third kappa shape index (κ3) is 5.95. The van der Waals surface area contributed by atoms with Gasteiger partial charge in [0, 0.05) is 39.0 Å². The highest BCUT2D eigenvalue weighted by atomic mass is 15.1. The Balaban J connectivity index is 1.21. The Morgan fingerprint density at radius 1 is 0.321 bits per heavy atom. The summed E-state index contributed by atoms with van der Waals surface area (Å²) in [6.45, 7) is 0. The summed E-state index contributed by atoms with van der Waals surface area (Å²) in [5, 5.41) is 2.47. The molecule has 1 heterocycles. The standard InChI is InChI=1S/C54H38N2/c1-5-18-39(19-6-1)40-32-34-45(35-33-40)55(51-30-15-13-28-47(51)41-20-7-2-8-21-41)46-27-17-24-43(38-46)48-36-37-49(42-22-9-3-10-23-42)54-53(48)50-29-14-16-31-52(50)56(54)44-25-11-4-12-26-44/h1-38H. The Hall–Kier alpha value is -7.42. The van der Waals surface area contributed by atoms with E-state index in [4.69, 9.17) is 0 Å². The first-order valence-electron chi connectivity index (χ1n) is 19.2. The van der Waals surface area contributed by atoms with E-state index < -0.39 is 0 Å². The molecule has 0 aliphatic rings. The van der Waals surface area contributed by atoms with Crippen LogP contribution < -0.4 is 4.90 Å². The molecule has 1 aromatic heterocycles. The van der Waals surface area contributed by atoms with Crippen molar-refractivity contribution in [1.82, 2.24) is 4.57 Å². The zero-order chi connectivity index (χ0) is 37.3. The van der Waals surface area contributed by atoms with Crippen LogP contribution in [0.4, 0.5) is 17.1 Å². The number of nitrogens with zero attached hydrogens (tertiary/aromatic N) is 2. The van der Waals surface area contributed by atoms with E-state index in [2.05, 4.69) is 240 Å². The second kappa shape index (κ2) is 14.4. The minimum atomic E-state index is 1.09. The van der Waals surface area contributed by atoms with Crippen LogP contribution in [0.3, 0.4) is 0 Å². The molecule has 10 aromatic rings. The van der Waals surface area contributed by atoms with Crippen molar-refractivity contribution in [3.8, 4) is 50.2 Å². The van der Waals surface area contributed by atoms with Crippen LogP contribution in [0.15, 0.2) is 231 Å². The van der Waals surface area contributed by atoms with Crippen LogP contribution in [0, 0.1) is 0 Å². The van der Waals surface area contributed by atoms with Crippen LogP contribution in [-0.2, 0) is 0 Å². The lowest BCUT2D eigenvalue weighted by Gasteiger charge is -2.28. The van der Waals surface area contributed by atoms with Crippen molar-refractivity contribution in [2.24, 2.45) is 0 Å². The Morgan fingerprint density at radius 3 is 1.57 bits per heavy atom. The summed E-state index contributed by atoms with van der Waals surface area (Å²) in [6, 6.07) is 83.0. The van der Waals surface area contributed by atoms with E-state index in [0.717, 1.165) is 28.3 Å². The maximum atomic E-state index is 2.44. The minimum absolute atomic E-state index is 1.09. The summed E-state index contributed by atoms with van der Waals surface area (Å²) < 4.78 is 2.44. The predicted molar refractivity (Wildman–Crippen MR) is 237 cm³/mol. The lowest BCUT2D eigenvalue weighted by molar-refractivity contribution is 1.18. The molecular formula is C54H38N2. The van der Waals surface area contributed by atoms with Gasteiger partial charge in [0.25, 0.3) is 0 Å². The van der Waals surface area contributed by atoms with Crippen molar-refractivity contribution >= 4 is 38.9 Å². The number of rotatable bonds is 8. The smallest absolute Gasteiger partial charge is 0.0625 e. The lowest BCUT2D eigenvalue weighted by Crippen LogP contribution is -2.11. The highest BCUT2D eigenvalue weighted by Gasteiger charge is 2.22. The van der Waals surface area contributed by atoms with Crippen molar-refractivity contribution in [2.75, 3.05) is 4.90 Å². The Kier molecular flexibility index (Phi) is 8.55. The molecule has 0 saturated carbocycles. The van der Waals surface area contributed by atoms with Crippen molar-refractivity contribution in [3.05, 3.63) is 231 Å². The van der Waals surface area contributed by atoms with Gasteiger partial charge < -0.3 is 9.47 Å². The number of benzene rings is 9. The molecule has 9 aromatic carbocycles. The van der Waals surface area contributed by atoms with E-state index in [0.29, 0.717) is 0 Å². The largest absolute Gasteiger partial charge is 0.310 e. The Morgan fingerprint density at radius 2 is 0.857 bits per heavy atom. The van der Waals surface area contributed by atoms with Gasteiger partial charge in [-0.25, -0.2) is 0 Å². The summed E-state index contributed by atoms with van der Waals surface area (Å²) >= 11 is 0. The molecule has 0 aliphatic carbocycles. The van der Waals surface area contributed by atoms with E-state index in [-0.39, 0.29) is 0 Å². The van der Waals surface area contributed by atoms with Crippen LogP contribution in [0.1, 0.15) is 0 Å². The van der Waals surface area contributed by atoms with Crippen molar-refractivity contribution in [2.45, 2.75) is 0 Å². The summed E-state index contributed by atoms with van der Waals surface area (Å²) in [5.74, 6) is 0. The van der Waals surface area contributed by atoms with Gasteiger partial charge in [0.15, 0.2) is 0 Å². The molecule has 0 fully saturated rings. The zero-order valence-corrected chi connectivity index (χ0v) is 30.8. The fourth-order valence-electron chi connectivity index (χ4n) is 8.24. The summed E-state index contributed by atoms with van der Waals surface area (Å²) in [5.41, 5.74) is 16.3. The number of fused-ring (bicyclic) bond motifs is 3. The number of anilines is 3. The van der Waals surface area contributed by atoms with Gasteiger partial charge >= 0.3 is 0 Å². The molecule has 2 nitrogen and oxygen atoms in total. The summed E-state index contributed by atoms with van der Waals surface area (Å²) in [7, 11) is 0. The molecule has 2 heteroatoms. The molecule has 0 atom stereocenters. The van der Waals surface area contributed by atoms with Gasteiger partial charge in [-0.3, -0.25) is 0 Å². The number of hydrogen-bond donors (Lipinski definition) is 0. The van der Waals surface area contributed by atoms with Gasteiger partial charge in [-0.05, 0) is 81.9 Å². The van der Waals surface area contributed by atoms with Crippen molar-refractivity contribution < 1.29 is 0 Å². The highest BCUT2D eigenvalue weighted by Crippen LogP contribution is 2.46. The van der Waals surface area contributed by atoms with Crippen molar-refractivity contribution in [3.63, 3.8) is 0 Å². The molecular weight excluding hydrogens is 677 g/mol. The fourth-order valence-corrected chi connectivity index (χ4v) is 8.24.